The number of hydrogen-bond donors (Lipinski definition) is 0. The van der Waals surface area contributed by atoms with Crippen LogP contribution in [0.1, 0.15) is 17.1 Å². The van der Waals surface area contributed by atoms with Crippen LogP contribution in [-0.4, -0.2) is 14.8 Å². The summed E-state index contributed by atoms with van der Waals surface area (Å²) in [6.07, 6.45) is 1.67. The predicted molar refractivity (Wildman–Crippen MR) is 110 cm³/mol. The highest BCUT2D eigenvalue weighted by molar-refractivity contribution is 7.98. The van der Waals surface area contributed by atoms with Crippen LogP contribution in [0.3, 0.4) is 0 Å². The third-order valence-corrected chi connectivity index (χ3v) is 5.37. The molecule has 2 aromatic carbocycles. The Hall–Kier alpha value is -2.70. The molecule has 0 atom stereocenters. The molecular weight excluding hydrogens is 394 g/mol. The Morgan fingerprint density at radius 3 is 2.54 bits per heavy atom. The third-order valence-electron chi connectivity index (χ3n) is 4.08. The number of halogens is 1. The molecule has 142 valence electrons. The van der Waals surface area contributed by atoms with E-state index in [9.17, 15) is 0 Å². The number of thioether (sulfide) groups is 1. The van der Waals surface area contributed by atoms with Gasteiger partial charge in [-0.3, -0.25) is 4.57 Å². The summed E-state index contributed by atoms with van der Waals surface area (Å²) in [6.45, 7) is 0.859. The normalized spacial score (nSPS) is 10.9. The smallest absolute Gasteiger partial charge is 0.192 e. The average molecular weight is 412 g/mol. The van der Waals surface area contributed by atoms with Crippen molar-refractivity contribution in [1.29, 1.82) is 0 Å². The van der Waals surface area contributed by atoms with Crippen molar-refractivity contribution in [3.63, 3.8) is 0 Å². The van der Waals surface area contributed by atoms with Gasteiger partial charge in [-0.05, 0) is 42.0 Å². The van der Waals surface area contributed by atoms with Gasteiger partial charge >= 0.3 is 0 Å². The molecule has 5 nitrogen and oxygen atoms in total. The zero-order valence-electron chi connectivity index (χ0n) is 15.0. The number of benzene rings is 2. The minimum Gasteiger partial charge on any atom is -0.486 e. The zero-order valence-corrected chi connectivity index (χ0v) is 16.6. The van der Waals surface area contributed by atoms with Crippen molar-refractivity contribution in [2.75, 3.05) is 0 Å². The molecule has 0 fully saturated rings. The third kappa shape index (κ3) is 4.77. The van der Waals surface area contributed by atoms with Gasteiger partial charge in [0.25, 0.3) is 0 Å². The fraction of sp³-hybridized carbons (Fsp3) is 0.143. The fourth-order valence-electron chi connectivity index (χ4n) is 2.65. The Morgan fingerprint density at radius 1 is 0.964 bits per heavy atom. The van der Waals surface area contributed by atoms with E-state index in [1.807, 2.05) is 47.0 Å². The number of hydrogen-bond acceptors (Lipinski definition) is 5. The molecule has 0 amide bonds. The van der Waals surface area contributed by atoms with E-state index in [4.69, 9.17) is 20.8 Å². The molecule has 0 aliphatic rings. The largest absolute Gasteiger partial charge is 0.486 e. The van der Waals surface area contributed by atoms with E-state index in [1.165, 1.54) is 5.56 Å². The number of ether oxygens (including phenoxy) is 1. The first kappa shape index (κ1) is 18.7. The van der Waals surface area contributed by atoms with Crippen LogP contribution in [-0.2, 0) is 18.9 Å². The standard InChI is InChI=1S/C21H18ClN3O2S/c22-17-8-10-18(11-9-17)27-14-20-23-24-21(25(20)13-19-7-4-12-26-19)28-15-16-5-2-1-3-6-16/h1-12H,13-15H2. The number of furan rings is 1. The Labute approximate surface area is 172 Å². The molecule has 0 saturated heterocycles. The SMILES string of the molecule is Clc1ccc(OCc2nnc(SCc3ccccc3)n2Cc2ccco2)cc1. The van der Waals surface area contributed by atoms with Gasteiger partial charge in [-0.2, -0.15) is 0 Å². The molecule has 28 heavy (non-hydrogen) atoms. The average Bonchev–Trinajstić information content (AvgIpc) is 3.37. The molecule has 0 spiro atoms. The van der Waals surface area contributed by atoms with Crippen molar-refractivity contribution in [3.8, 4) is 5.75 Å². The van der Waals surface area contributed by atoms with Crippen LogP contribution in [0.15, 0.2) is 82.6 Å². The van der Waals surface area contributed by atoms with Crippen LogP contribution in [0.25, 0.3) is 0 Å². The predicted octanol–water partition coefficient (Wildman–Crippen LogP) is 5.44. The molecular formula is C21H18ClN3O2S. The molecule has 0 radical (unpaired) electrons. The lowest BCUT2D eigenvalue weighted by Gasteiger charge is -2.10. The van der Waals surface area contributed by atoms with E-state index < -0.39 is 0 Å². The van der Waals surface area contributed by atoms with Crippen molar-refractivity contribution >= 4 is 23.4 Å². The Balaban J connectivity index is 1.51. The Morgan fingerprint density at radius 2 is 1.79 bits per heavy atom. The van der Waals surface area contributed by atoms with Crippen LogP contribution in [0.5, 0.6) is 5.75 Å². The van der Waals surface area contributed by atoms with Gasteiger partial charge in [-0.15, -0.1) is 10.2 Å². The fourth-order valence-corrected chi connectivity index (χ4v) is 3.69. The molecule has 2 heterocycles. The Bertz CT molecular complexity index is 1000. The van der Waals surface area contributed by atoms with Gasteiger partial charge in [0, 0.05) is 10.8 Å². The van der Waals surface area contributed by atoms with Gasteiger partial charge in [0.05, 0.1) is 12.8 Å². The van der Waals surface area contributed by atoms with Crippen LogP contribution < -0.4 is 4.74 Å². The summed E-state index contributed by atoms with van der Waals surface area (Å²) >= 11 is 7.57. The summed E-state index contributed by atoms with van der Waals surface area (Å²) in [5, 5.41) is 10.2. The molecule has 0 aliphatic heterocycles. The maximum Gasteiger partial charge on any atom is 0.192 e. The second kappa shape index (κ2) is 8.99. The number of rotatable bonds is 8. The molecule has 2 aromatic heterocycles. The summed E-state index contributed by atoms with van der Waals surface area (Å²) < 4.78 is 13.4. The van der Waals surface area contributed by atoms with Crippen molar-refractivity contribution in [1.82, 2.24) is 14.8 Å². The lowest BCUT2D eigenvalue weighted by molar-refractivity contribution is 0.287. The molecule has 4 rings (SSSR count). The monoisotopic (exact) mass is 411 g/mol. The summed E-state index contributed by atoms with van der Waals surface area (Å²) in [6, 6.07) is 21.4. The minimum absolute atomic E-state index is 0.307. The maximum atomic E-state index is 5.93. The van der Waals surface area contributed by atoms with E-state index in [1.54, 1.807) is 30.2 Å². The molecule has 0 aliphatic carbocycles. The first-order valence-electron chi connectivity index (χ1n) is 8.77. The molecule has 0 N–H and O–H groups in total. The van der Waals surface area contributed by atoms with E-state index >= 15 is 0 Å². The summed E-state index contributed by atoms with van der Waals surface area (Å²) in [5.74, 6) is 3.13. The van der Waals surface area contributed by atoms with Gasteiger partial charge in [0.15, 0.2) is 11.0 Å². The first-order valence-corrected chi connectivity index (χ1v) is 10.1. The van der Waals surface area contributed by atoms with Gasteiger partial charge in [-0.1, -0.05) is 53.7 Å². The van der Waals surface area contributed by atoms with Gasteiger partial charge in [0.2, 0.25) is 0 Å². The quantitative estimate of drug-likeness (QED) is 0.361. The van der Waals surface area contributed by atoms with Crippen LogP contribution in [0, 0.1) is 0 Å². The van der Waals surface area contributed by atoms with Crippen LogP contribution >= 0.6 is 23.4 Å². The Kier molecular flexibility index (Phi) is 5.99. The molecule has 7 heteroatoms. The van der Waals surface area contributed by atoms with E-state index in [2.05, 4.69) is 22.3 Å². The summed E-state index contributed by atoms with van der Waals surface area (Å²) in [7, 11) is 0. The first-order chi connectivity index (χ1) is 13.8. The van der Waals surface area contributed by atoms with Gasteiger partial charge < -0.3 is 9.15 Å². The maximum absolute atomic E-state index is 5.93. The van der Waals surface area contributed by atoms with E-state index in [0.29, 0.717) is 18.2 Å². The molecule has 0 unspecified atom stereocenters. The molecule has 0 saturated carbocycles. The number of nitrogens with zero attached hydrogens (tertiary/aromatic N) is 3. The second-order valence-corrected chi connectivity index (χ2v) is 7.46. The van der Waals surface area contributed by atoms with Crippen LogP contribution in [0.4, 0.5) is 0 Å². The van der Waals surface area contributed by atoms with Crippen molar-refractivity contribution < 1.29 is 9.15 Å². The van der Waals surface area contributed by atoms with Crippen LogP contribution in [0.2, 0.25) is 5.02 Å². The lowest BCUT2D eigenvalue weighted by Crippen LogP contribution is -2.09. The highest BCUT2D eigenvalue weighted by Gasteiger charge is 2.15. The second-order valence-electron chi connectivity index (χ2n) is 6.08. The lowest BCUT2D eigenvalue weighted by atomic mass is 10.2. The molecule has 0 bridgehead atoms. The zero-order chi connectivity index (χ0) is 19.2. The molecule has 4 aromatic rings. The summed E-state index contributed by atoms with van der Waals surface area (Å²) in [5.41, 5.74) is 1.24. The van der Waals surface area contributed by atoms with Gasteiger partial charge in [-0.25, -0.2) is 0 Å². The van der Waals surface area contributed by atoms with E-state index in [-0.39, 0.29) is 0 Å². The van der Waals surface area contributed by atoms with Crippen molar-refractivity contribution in [3.05, 3.63) is 95.2 Å². The topological polar surface area (TPSA) is 53.1 Å². The minimum atomic E-state index is 0.307. The van der Waals surface area contributed by atoms with Gasteiger partial charge in [0.1, 0.15) is 18.1 Å². The van der Waals surface area contributed by atoms with Crippen molar-refractivity contribution in [2.45, 2.75) is 24.1 Å². The summed E-state index contributed by atoms with van der Waals surface area (Å²) in [4.78, 5) is 0. The number of aromatic nitrogens is 3. The highest BCUT2D eigenvalue weighted by Crippen LogP contribution is 2.24. The van der Waals surface area contributed by atoms with Crippen molar-refractivity contribution in [2.24, 2.45) is 0 Å². The highest BCUT2D eigenvalue weighted by atomic mass is 35.5. The van der Waals surface area contributed by atoms with E-state index in [0.717, 1.165) is 28.2 Å².